The second kappa shape index (κ2) is 2.72. The number of thiophene rings is 1. The molecule has 0 bridgehead atoms. The minimum atomic E-state index is 0.0534. The van der Waals surface area contributed by atoms with Crippen molar-refractivity contribution in [2.24, 2.45) is 5.92 Å². The lowest BCUT2D eigenvalue weighted by Crippen LogP contribution is -2.12. The third-order valence-electron chi connectivity index (χ3n) is 2.80. The van der Waals surface area contributed by atoms with Crippen molar-refractivity contribution in [2.45, 2.75) is 18.8 Å². The van der Waals surface area contributed by atoms with Crippen LogP contribution in [-0.4, -0.2) is 11.7 Å². The van der Waals surface area contributed by atoms with Gasteiger partial charge in [0.25, 0.3) is 0 Å². The average Bonchev–Trinajstić information content (AvgIpc) is 2.50. The quantitative estimate of drug-likeness (QED) is 0.782. The molecule has 1 nitrogen and oxygen atoms in total. The van der Waals surface area contributed by atoms with Gasteiger partial charge in [-0.3, -0.25) is 0 Å². The molecule has 1 aromatic rings. The summed E-state index contributed by atoms with van der Waals surface area (Å²) in [4.78, 5) is 1.24. The molecule has 2 atom stereocenters. The van der Waals surface area contributed by atoms with Crippen LogP contribution in [0.5, 0.6) is 0 Å². The van der Waals surface area contributed by atoms with Crippen LogP contribution in [0.1, 0.15) is 18.2 Å². The van der Waals surface area contributed by atoms with Gasteiger partial charge in [-0.25, -0.2) is 0 Å². The van der Waals surface area contributed by atoms with E-state index in [-0.39, 0.29) is 12.0 Å². The molecule has 0 saturated heterocycles. The summed E-state index contributed by atoms with van der Waals surface area (Å²) in [5.41, 5.74) is 0.0534. The standard InChI is InChI=1S/C9H11ClOS/c1-6-4-9(6,5-11)7-2-3-8(10)12-7/h2-3,6,11H,4-5H2,1H3. The van der Waals surface area contributed by atoms with Crippen LogP contribution in [0.4, 0.5) is 0 Å². The van der Waals surface area contributed by atoms with E-state index < -0.39 is 0 Å². The first-order chi connectivity index (χ1) is 5.69. The SMILES string of the molecule is CC1CC1(CO)c1ccc(Cl)s1. The van der Waals surface area contributed by atoms with E-state index in [4.69, 9.17) is 11.6 Å². The van der Waals surface area contributed by atoms with Crippen LogP contribution >= 0.6 is 22.9 Å². The summed E-state index contributed by atoms with van der Waals surface area (Å²) in [5.74, 6) is 0.609. The lowest BCUT2D eigenvalue weighted by molar-refractivity contribution is 0.249. The first-order valence-electron chi connectivity index (χ1n) is 4.06. The Morgan fingerprint density at radius 3 is 2.75 bits per heavy atom. The fourth-order valence-corrected chi connectivity index (χ4v) is 3.06. The Morgan fingerprint density at radius 1 is 1.75 bits per heavy atom. The Hall–Kier alpha value is -0.0500. The largest absolute Gasteiger partial charge is 0.395 e. The van der Waals surface area contributed by atoms with E-state index in [1.165, 1.54) is 4.88 Å². The molecule has 2 unspecified atom stereocenters. The molecule has 1 heterocycles. The predicted octanol–water partition coefficient (Wildman–Crippen LogP) is 2.67. The van der Waals surface area contributed by atoms with Crippen LogP contribution in [0, 0.1) is 5.92 Å². The predicted molar refractivity (Wildman–Crippen MR) is 51.9 cm³/mol. The molecule has 0 aliphatic heterocycles. The minimum Gasteiger partial charge on any atom is -0.395 e. The van der Waals surface area contributed by atoms with Gasteiger partial charge in [0.15, 0.2) is 0 Å². The molecule has 1 aromatic heterocycles. The highest BCUT2D eigenvalue weighted by Gasteiger charge is 2.52. The molecule has 1 fully saturated rings. The molecule has 2 rings (SSSR count). The number of hydrogen-bond donors (Lipinski definition) is 1. The summed E-state index contributed by atoms with van der Waals surface area (Å²) in [6, 6.07) is 3.94. The van der Waals surface area contributed by atoms with Gasteiger partial charge in [-0.05, 0) is 24.5 Å². The Morgan fingerprint density at radius 2 is 2.42 bits per heavy atom. The zero-order valence-corrected chi connectivity index (χ0v) is 8.45. The third-order valence-corrected chi connectivity index (χ3v) is 4.25. The Balaban J connectivity index is 2.30. The molecule has 0 amide bonds. The number of aliphatic hydroxyl groups excluding tert-OH is 1. The molecule has 0 aromatic carbocycles. The first kappa shape index (κ1) is 8.54. The van der Waals surface area contributed by atoms with Crippen LogP contribution in [0.2, 0.25) is 4.34 Å². The fourth-order valence-electron chi connectivity index (χ4n) is 1.71. The number of aliphatic hydroxyl groups is 1. The molecule has 0 radical (unpaired) electrons. The van der Waals surface area contributed by atoms with Gasteiger partial charge in [-0.15, -0.1) is 11.3 Å². The lowest BCUT2D eigenvalue weighted by Gasteiger charge is -2.09. The van der Waals surface area contributed by atoms with Crippen LogP contribution in [0.25, 0.3) is 0 Å². The molecule has 12 heavy (non-hydrogen) atoms. The smallest absolute Gasteiger partial charge is 0.0931 e. The van der Waals surface area contributed by atoms with Gasteiger partial charge in [0.2, 0.25) is 0 Å². The van der Waals surface area contributed by atoms with Crippen molar-refractivity contribution in [3.8, 4) is 0 Å². The molecular formula is C9H11ClOS. The van der Waals surface area contributed by atoms with Crippen LogP contribution < -0.4 is 0 Å². The molecule has 1 N–H and O–H groups in total. The Kier molecular flexibility index (Phi) is 1.94. The van der Waals surface area contributed by atoms with Crippen LogP contribution in [-0.2, 0) is 5.41 Å². The zero-order chi connectivity index (χ0) is 8.77. The maximum atomic E-state index is 9.25. The monoisotopic (exact) mass is 202 g/mol. The van der Waals surface area contributed by atoms with E-state index in [0.29, 0.717) is 5.92 Å². The normalized spacial score (nSPS) is 33.8. The summed E-state index contributed by atoms with van der Waals surface area (Å²) in [6.07, 6.45) is 1.10. The fraction of sp³-hybridized carbons (Fsp3) is 0.556. The maximum absolute atomic E-state index is 9.25. The second-order valence-electron chi connectivity index (χ2n) is 3.52. The van der Waals surface area contributed by atoms with Gasteiger partial charge in [0.1, 0.15) is 0 Å². The van der Waals surface area contributed by atoms with Gasteiger partial charge in [0, 0.05) is 10.3 Å². The average molecular weight is 203 g/mol. The van der Waals surface area contributed by atoms with Crippen molar-refractivity contribution in [3.05, 3.63) is 21.3 Å². The topological polar surface area (TPSA) is 20.2 Å². The summed E-state index contributed by atoms with van der Waals surface area (Å²) in [5, 5.41) is 9.25. The van der Waals surface area contributed by atoms with E-state index in [2.05, 4.69) is 6.92 Å². The highest BCUT2D eigenvalue weighted by molar-refractivity contribution is 7.16. The lowest BCUT2D eigenvalue weighted by atomic mass is 10.0. The zero-order valence-electron chi connectivity index (χ0n) is 6.88. The van der Waals surface area contributed by atoms with E-state index in [1.807, 2.05) is 12.1 Å². The third kappa shape index (κ3) is 1.10. The molecule has 0 spiro atoms. The molecule has 66 valence electrons. The van der Waals surface area contributed by atoms with E-state index >= 15 is 0 Å². The molecular weight excluding hydrogens is 192 g/mol. The van der Waals surface area contributed by atoms with Crippen LogP contribution in [0.3, 0.4) is 0 Å². The Bertz CT molecular complexity index is 292. The first-order valence-corrected chi connectivity index (χ1v) is 5.25. The van der Waals surface area contributed by atoms with Crippen molar-refractivity contribution >= 4 is 22.9 Å². The summed E-state index contributed by atoms with van der Waals surface area (Å²) < 4.78 is 0.817. The van der Waals surface area contributed by atoms with E-state index in [1.54, 1.807) is 11.3 Å². The summed E-state index contributed by atoms with van der Waals surface area (Å²) in [7, 11) is 0. The number of rotatable bonds is 2. The molecule has 1 aliphatic carbocycles. The molecule has 1 aliphatic rings. The second-order valence-corrected chi connectivity index (χ2v) is 5.24. The van der Waals surface area contributed by atoms with E-state index in [9.17, 15) is 5.11 Å². The number of hydrogen-bond acceptors (Lipinski definition) is 2. The van der Waals surface area contributed by atoms with Gasteiger partial charge in [-0.2, -0.15) is 0 Å². The van der Waals surface area contributed by atoms with E-state index in [0.717, 1.165) is 10.8 Å². The highest BCUT2D eigenvalue weighted by Crippen LogP contribution is 2.55. The highest BCUT2D eigenvalue weighted by atomic mass is 35.5. The van der Waals surface area contributed by atoms with Gasteiger partial charge >= 0.3 is 0 Å². The number of halogens is 1. The minimum absolute atomic E-state index is 0.0534. The van der Waals surface area contributed by atoms with Gasteiger partial charge in [0.05, 0.1) is 10.9 Å². The van der Waals surface area contributed by atoms with Crippen LogP contribution in [0.15, 0.2) is 12.1 Å². The van der Waals surface area contributed by atoms with Crippen molar-refractivity contribution < 1.29 is 5.11 Å². The summed E-state index contributed by atoms with van der Waals surface area (Å²) >= 11 is 7.43. The van der Waals surface area contributed by atoms with Crippen molar-refractivity contribution in [1.82, 2.24) is 0 Å². The summed E-state index contributed by atoms with van der Waals surface area (Å²) in [6.45, 7) is 2.43. The van der Waals surface area contributed by atoms with Crippen molar-refractivity contribution in [1.29, 1.82) is 0 Å². The maximum Gasteiger partial charge on any atom is 0.0931 e. The van der Waals surface area contributed by atoms with Crippen molar-refractivity contribution in [3.63, 3.8) is 0 Å². The molecule has 1 saturated carbocycles. The van der Waals surface area contributed by atoms with Crippen molar-refractivity contribution in [2.75, 3.05) is 6.61 Å². The van der Waals surface area contributed by atoms with Gasteiger partial charge in [-0.1, -0.05) is 18.5 Å². The van der Waals surface area contributed by atoms with Gasteiger partial charge < -0.3 is 5.11 Å². The molecule has 3 heteroatoms. The Labute approximate surface area is 81.0 Å².